The molecule has 1 aliphatic carbocycles. The van der Waals surface area contributed by atoms with Crippen molar-refractivity contribution in [3.05, 3.63) is 17.5 Å². The Morgan fingerprint density at radius 2 is 2.33 bits per heavy atom. The van der Waals surface area contributed by atoms with Gasteiger partial charge in [0.1, 0.15) is 5.69 Å². The van der Waals surface area contributed by atoms with E-state index in [2.05, 4.69) is 20.8 Å². The molecule has 1 atom stereocenters. The minimum atomic E-state index is -0.0480. The summed E-state index contributed by atoms with van der Waals surface area (Å²) < 4.78 is 0. The molecule has 1 aliphatic heterocycles. The Hall–Kier alpha value is -1.36. The van der Waals surface area contributed by atoms with E-state index in [9.17, 15) is 4.79 Å². The number of hydrogen-bond donors (Lipinski definition) is 3. The Morgan fingerprint density at radius 1 is 1.44 bits per heavy atom. The standard InChI is InChI=1S/C13H20N4O/c18-13(15-7-9-3-4-9)12-6-11(16-17-12)10-2-1-5-14-8-10/h6,9-10,14H,1-5,7-8H2,(H,15,18)(H,16,17). The molecule has 0 bridgehead atoms. The van der Waals surface area contributed by atoms with Gasteiger partial charge in [-0.05, 0) is 44.2 Å². The summed E-state index contributed by atoms with van der Waals surface area (Å²) in [6.07, 6.45) is 4.85. The van der Waals surface area contributed by atoms with Crippen molar-refractivity contribution in [2.45, 2.75) is 31.6 Å². The van der Waals surface area contributed by atoms with Crippen molar-refractivity contribution in [2.75, 3.05) is 19.6 Å². The molecular formula is C13H20N4O. The lowest BCUT2D eigenvalue weighted by atomic mass is 9.96. The zero-order chi connectivity index (χ0) is 12.4. The Bertz CT molecular complexity index is 418. The normalized spacial score (nSPS) is 23.9. The SMILES string of the molecule is O=C(NCC1CC1)c1cc(C2CCCNC2)[nH]n1. The molecule has 98 valence electrons. The summed E-state index contributed by atoms with van der Waals surface area (Å²) in [6, 6.07) is 1.90. The second kappa shape index (κ2) is 5.10. The third-order valence-electron chi connectivity index (χ3n) is 3.82. The number of carbonyl (C=O) groups excluding carboxylic acids is 1. The highest BCUT2D eigenvalue weighted by atomic mass is 16.1. The molecule has 2 aliphatic rings. The summed E-state index contributed by atoms with van der Waals surface area (Å²) >= 11 is 0. The fraction of sp³-hybridized carbons (Fsp3) is 0.692. The highest BCUT2D eigenvalue weighted by Gasteiger charge is 2.23. The Morgan fingerprint density at radius 3 is 3.06 bits per heavy atom. The van der Waals surface area contributed by atoms with E-state index < -0.39 is 0 Å². The molecule has 1 saturated carbocycles. The van der Waals surface area contributed by atoms with E-state index in [4.69, 9.17) is 0 Å². The Labute approximate surface area is 107 Å². The number of rotatable bonds is 4. The average molecular weight is 248 g/mol. The van der Waals surface area contributed by atoms with Crippen LogP contribution in [0.2, 0.25) is 0 Å². The molecule has 2 fully saturated rings. The van der Waals surface area contributed by atoms with Gasteiger partial charge in [-0.15, -0.1) is 0 Å². The summed E-state index contributed by atoms with van der Waals surface area (Å²) in [5.74, 6) is 1.12. The molecule has 2 heterocycles. The van der Waals surface area contributed by atoms with Crippen LogP contribution < -0.4 is 10.6 Å². The van der Waals surface area contributed by atoms with Crippen molar-refractivity contribution >= 4 is 5.91 Å². The number of amides is 1. The minimum Gasteiger partial charge on any atom is -0.350 e. The summed E-state index contributed by atoms with van der Waals surface area (Å²) in [5.41, 5.74) is 1.61. The second-order valence-electron chi connectivity index (χ2n) is 5.41. The van der Waals surface area contributed by atoms with Gasteiger partial charge in [-0.1, -0.05) is 0 Å². The van der Waals surface area contributed by atoms with Gasteiger partial charge in [-0.3, -0.25) is 9.89 Å². The van der Waals surface area contributed by atoms with Crippen LogP contribution in [0, 0.1) is 5.92 Å². The molecule has 0 spiro atoms. The van der Waals surface area contributed by atoms with E-state index in [0.717, 1.165) is 25.3 Å². The summed E-state index contributed by atoms with van der Waals surface area (Å²) in [6.45, 7) is 2.87. The van der Waals surface area contributed by atoms with E-state index >= 15 is 0 Å². The molecule has 0 aromatic carbocycles. The first kappa shape index (κ1) is 11.7. The van der Waals surface area contributed by atoms with Crippen LogP contribution in [-0.4, -0.2) is 35.7 Å². The molecule has 1 amide bonds. The molecule has 1 aromatic rings. The molecule has 1 saturated heterocycles. The maximum atomic E-state index is 11.9. The number of piperidine rings is 1. The van der Waals surface area contributed by atoms with Gasteiger partial charge in [0.15, 0.2) is 0 Å². The molecule has 3 N–H and O–H groups in total. The lowest BCUT2D eigenvalue weighted by Crippen LogP contribution is -2.28. The van der Waals surface area contributed by atoms with Crippen LogP contribution in [-0.2, 0) is 0 Å². The minimum absolute atomic E-state index is 0.0480. The van der Waals surface area contributed by atoms with Crippen LogP contribution in [0.1, 0.15) is 47.8 Å². The van der Waals surface area contributed by atoms with Gasteiger partial charge < -0.3 is 10.6 Å². The van der Waals surface area contributed by atoms with E-state index in [-0.39, 0.29) is 5.91 Å². The number of hydrogen-bond acceptors (Lipinski definition) is 3. The smallest absolute Gasteiger partial charge is 0.271 e. The third kappa shape index (κ3) is 2.72. The number of nitrogens with zero attached hydrogens (tertiary/aromatic N) is 1. The number of nitrogens with one attached hydrogen (secondary N) is 3. The van der Waals surface area contributed by atoms with Crippen molar-refractivity contribution < 1.29 is 4.79 Å². The third-order valence-corrected chi connectivity index (χ3v) is 3.82. The van der Waals surface area contributed by atoms with Crippen LogP contribution in [0.4, 0.5) is 0 Å². The van der Waals surface area contributed by atoms with Gasteiger partial charge >= 0.3 is 0 Å². The van der Waals surface area contributed by atoms with Gasteiger partial charge in [0, 0.05) is 24.7 Å². The summed E-state index contributed by atoms with van der Waals surface area (Å²) in [5, 5.41) is 13.4. The highest BCUT2D eigenvalue weighted by Crippen LogP contribution is 2.27. The molecule has 1 unspecified atom stereocenters. The quantitative estimate of drug-likeness (QED) is 0.745. The zero-order valence-electron chi connectivity index (χ0n) is 10.5. The first-order chi connectivity index (χ1) is 8.83. The molecule has 5 heteroatoms. The molecular weight excluding hydrogens is 228 g/mol. The van der Waals surface area contributed by atoms with Crippen molar-refractivity contribution in [1.82, 2.24) is 20.8 Å². The predicted octanol–water partition coefficient (Wildman–Crippen LogP) is 1.02. The van der Waals surface area contributed by atoms with Crippen LogP contribution in [0.15, 0.2) is 6.07 Å². The molecule has 1 aromatic heterocycles. The first-order valence-electron chi connectivity index (χ1n) is 6.87. The maximum absolute atomic E-state index is 11.9. The fourth-order valence-corrected chi connectivity index (χ4v) is 2.43. The van der Waals surface area contributed by atoms with E-state index in [1.165, 1.54) is 25.7 Å². The van der Waals surface area contributed by atoms with Gasteiger partial charge in [0.25, 0.3) is 5.91 Å². The Kier molecular flexibility index (Phi) is 3.32. The topological polar surface area (TPSA) is 69.8 Å². The van der Waals surface area contributed by atoms with Gasteiger partial charge in [0.2, 0.25) is 0 Å². The van der Waals surface area contributed by atoms with Crippen LogP contribution in [0.5, 0.6) is 0 Å². The number of aromatic nitrogens is 2. The van der Waals surface area contributed by atoms with Crippen molar-refractivity contribution in [3.63, 3.8) is 0 Å². The van der Waals surface area contributed by atoms with Crippen LogP contribution >= 0.6 is 0 Å². The maximum Gasteiger partial charge on any atom is 0.271 e. The van der Waals surface area contributed by atoms with Crippen molar-refractivity contribution in [2.24, 2.45) is 5.92 Å². The van der Waals surface area contributed by atoms with E-state index in [1.54, 1.807) is 0 Å². The predicted molar refractivity (Wildman–Crippen MR) is 68.5 cm³/mol. The number of carbonyl (C=O) groups is 1. The van der Waals surface area contributed by atoms with Crippen LogP contribution in [0.3, 0.4) is 0 Å². The monoisotopic (exact) mass is 248 g/mol. The van der Waals surface area contributed by atoms with Gasteiger partial charge in [-0.25, -0.2) is 0 Å². The molecule has 5 nitrogen and oxygen atoms in total. The Balaban J connectivity index is 1.58. The average Bonchev–Trinajstić information content (AvgIpc) is 3.11. The summed E-state index contributed by atoms with van der Waals surface area (Å²) in [7, 11) is 0. The van der Waals surface area contributed by atoms with E-state index in [0.29, 0.717) is 17.5 Å². The lowest BCUT2D eigenvalue weighted by Gasteiger charge is -2.21. The lowest BCUT2D eigenvalue weighted by molar-refractivity contribution is 0.0947. The van der Waals surface area contributed by atoms with E-state index in [1.807, 2.05) is 6.07 Å². The second-order valence-corrected chi connectivity index (χ2v) is 5.41. The fourth-order valence-electron chi connectivity index (χ4n) is 2.43. The van der Waals surface area contributed by atoms with Crippen LogP contribution in [0.25, 0.3) is 0 Å². The largest absolute Gasteiger partial charge is 0.350 e. The number of H-pyrrole nitrogens is 1. The molecule has 0 radical (unpaired) electrons. The van der Waals surface area contributed by atoms with Gasteiger partial charge in [0.05, 0.1) is 0 Å². The zero-order valence-corrected chi connectivity index (χ0v) is 10.5. The molecule has 18 heavy (non-hydrogen) atoms. The molecule has 3 rings (SSSR count). The van der Waals surface area contributed by atoms with Crippen molar-refractivity contribution in [3.8, 4) is 0 Å². The summed E-state index contributed by atoms with van der Waals surface area (Å²) in [4.78, 5) is 11.9. The van der Waals surface area contributed by atoms with Crippen molar-refractivity contribution in [1.29, 1.82) is 0 Å². The number of aromatic amines is 1. The van der Waals surface area contributed by atoms with Gasteiger partial charge in [-0.2, -0.15) is 5.10 Å². The first-order valence-corrected chi connectivity index (χ1v) is 6.87. The highest BCUT2D eigenvalue weighted by molar-refractivity contribution is 5.92.